The molecule has 0 unspecified atom stereocenters. The van der Waals surface area contributed by atoms with E-state index in [1.807, 2.05) is 30.3 Å². The predicted octanol–water partition coefficient (Wildman–Crippen LogP) is 3.58. The SMILES string of the molecule is COSc1nsc(N=Nc2c(O)[nH]c(=S)n(Cc3ccccc3)c2=O)n1. The fraction of sp³-hybridized carbons (Fsp3) is 0.143. The van der Waals surface area contributed by atoms with Crippen molar-refractivity contribution in [1.29, 1.82) is 0 Å². The van der Waals surface area contributed by atoms with Gasteiger partial charge in [-0.25, -0.2) is 0 Å². The normalized spacial score (nSPS) is 11.3. The van der Waals surface area contributed by atoms with Gasteiger partial charge in [0.05, 0.1) is 25.7 Å². The van der Waals surface area contributed by atoms with Crippen LogP contribution in [0.3, 0.4) is 0 Å². The van der Waals surface area contributed by atoms with Crippen molar-refractivity contribution in [2.75, 3.05) is 7.11 Å². The monoisotopic (exact) mass is 408 g/mol. The van der Waals surface area contributed by atoms with Gasteiger partial charge in [0, 0.05) is 11.5 Å². The van der Waals surface area contributed by atoms with Crippen LogP contribution in [0, 0.1) is 4.77 Å². The summed E-state index contributed by atoms with van der Waals surface area (Å²) in [5.74, 6) is -0.455. The van der Waals surface area contributed by atoms with Crippen molar-refractivity contribution in [3.8, 4) is 5.88 Å². The topological polar surface area (TPSA) is 118 Å². The molecule has 0 aliphatic carbocycles. The maximum atomic E-state index is 12.6. The van der Waals surface area contributed by atoms with Gasteiger partial charge in [-0.3, -0.25) is 9.36 Å². The van der Waals surface area contributed by atoms with E-state index < -0.39 is 11.4 Å². The van der Waals surface area contributed by atoms with E-state index in [4.69, 9.17) is 16.4 Å². The number of nitrogens with zero attached hydrogens (tertiary/aromatic N) is 5. The molecule has 0 saturated carbocycles. The molecule has 0 aliphatic heterocycles. The first kappa shape index (κ1) is 18.4. The van der Waals surface area contributed by atoms with Crippen molar-refractivity contribution in [1.82, 2.24) is 18.9 Å². The molecule has 134 valence electrons. The average molecular weight is 408 g/mol. The van der Waals surface area contributed by atoms with E-state index in [1.54, 1.807) is 0 Å². The summed E-state index contributed by atoms with van der Waals surface area (Å²) < 4.78 is 10.2. The lowest BCUT2D eigenvalue weighted by atomic mass is 10.2. The Hall–Kier alpha value is -2.41. The Morgan fingerprint density at radius 3 is 2.88 bits per heavy atom. The van der Waals surface area contributed by atoms with Crippen LogP contribution in [0.15, 0.2) is 50.5 Å². The molecule has 3 rings (SSSR count). The average Bonchev–Trinajstić information content (AvgIpc) is 3.07. The number of H-pyrrole nitrogens is 1. The summed E-state index contributed by atoms with van der Waals surface area (Å²) in [4.78, 5) is 19.2. The summed E-state index contributed by atoms with van der Waals surface area (Å²) in [6, 6.07) is 9.33. The van der Waals surface area contributed by atoms with Crippen LogP contribution in [0.4, 0.5) is 10.8 Å². The number of azo groups is 1. The van der Waals surface area contributed by atoms with Gasteiger partial charge >= 0.3 is 0 Å². The summed E-state index contributed by atoms with van der Waals surface area (Å²) in [7, 11) is 1.49. The van der Waals surface area contributed by atoms with Gasteiger partial charge < -0.3 is 14.3 Å². The van der Waals surface area contributed by atoms with Gasteiger partial charge in [0.2, 0.25) is 21.9 Å². The van der Waals surface area contributed by atoms with E-state index in [2.05, 4.69) is 24.6 Å². The predicted molar refractivity (Wildman–Crippen MR) is 100 cm³/mol. The number of nitrogens with one attached hydrogen (secondary N) is 1. The van der Waals surface area contributed by atoms with Gasteiger partial charge in [0.25, 0.3) is 5.56 Å². The number of benzene rings is 1. The Morgan fingerprint density at radius 1 is 1.38 bits per heavy atom. The molecule has 9 nitrogen and oxygen atoms in total. The summed E-state index contributed by atoms with van der Waals surface area (Å²) in [5, 5.41) is 18.3. The van der Waals surface area contributed by atoms with E-state index in [9.17, 15) is 9.90 Å². The lowest BCUT2D eigenvalue weighted by Crippen LogP contribution is -2.22. The first-order chi connectivity index (χ1) is 12.6. The zero-order valence-corrected chi connectivity index (χ0v) is 15.8. The Kier molecular flexibility index (Phi) is 5.88. The van der Waals surface area contributed by atoms with Crippen molar-refractivity contribution in [2.24, 2.45) is 10.2 Å². The molecule has 0 amide bonds. The molecule has 0 spiro atoms. The van der Waals surface area contributed by atoms with E-state index in [-0.39, 0.29) is 22.1 Å². The molecule has 2 heterocycles. The number of rotatable bonds is 6. The highest BCUT2D eigenvalue weighted by Gasteiger charge is 2.13. The molecule has 2 N–H and O–H groups in total. The summed E-state index contributed by atoms with van der Waals surface area (Å²) in [5.41, 5.74) is 0.0635. The van der Waals surface area contributed by atoms with Gasteiger partial charge in [-0.15, -0.1) is 10.2 Å². The van der Waals surface area contributed by atoms with Crippen LogP contribution in [0.1, 0.15) is 5.56 Å². The minimum Gasteiger partial charge on any atom is -0.493 e. The third-order valence-electron chi connectivity index (χ3n) is 3.12. The van der Waals surface area contributed by atoms with Gasteiger partial charge in [0.1, 0.15) is 0 Å². The molecule has 0 radical (unpaired) electrons. The van der Waals surface area contributed by atoms with Gasteiger partial charge in [-0.1, -0.05) is 30.3 Å². The Labute approximate surface area is 160 Å². The second-order valence-electron chi connectivity index (χ2n) is 4.81. The number of hydrogen-bond donors (Lipinski definition) is 2. The van der Waals surface area contributed by atoms with E-state index in [0.717, 1.165) is 29.1 Å². The molecule has 12 heteroatoms. The molecule has 26 heavy (non-hydrogen) atoms. The van der Waals surface area contributed by atoms with Gasteiger partial charge in [-0.2, -0.15) is 9.36 Å². The summed E-state index contributed by atoms with van der Waals surface area (Å²) in [6.45, 7) is 0.241. The summed E-state index contributed by atoms with van der Waals surface area (Å²) in [6.07, 6.45) is 0. The van der Waals surface area contributed by atoms with Crippen LogP contribution >= 0.6 is 35.8 Å². The molecule has 1 aromatic carbocycles. The molecule has 0 fully saturated rings. The van der Waals surface area contributed by atoms with Gasteiger partial charge in [-0.05, 0) is 17.8 Å². The van der Waals surface area contributed by atoms with Crippen LogP contribution in [0.25, 0.3) is 0 Å². The first-order valence-corrected chi connectivity index (χ1v) is 9.07. The number of aromatic nitrogens is 4. The Morgan fingerprint density at radius 2 is 2.15 bits per heavy atom. The Bertz CT molecular complexity index is 1040. The van der Waals surface area contributed by atoms with Crippen LogP contribution in [0.2, 0.25) is 0 Å². The standard InChI is InChI=1S/C14H12N6O3S3/c1-23-26-13-16-12(25-19-13)18-17-9-10(21)15-14(24)20(11(9)22)7-8-5-3-2-4-6-8/h2-6,21H,7H2,1H3,(H,15,24). The maximum Gasteiger partial charge on any atom is 0.286 e. The molecule has 0 bridgehead atoms. The highest BCUT2D eigenvalue weighted by molar-refractivity contribution is 7.94. The number of aromatic hydroxyl groups is 1. The Balaban J connectivity index is 1.94. The zero-order chi connectivity index (χ0) is 18.5. The summed E-state index contributed by atoms with van der Waals surface area (Å²) >= 11 is 7.10. The molecule has 0 aliphatic rings. The molecule has 0 atom stereocenters. The van der Waals surface area contributed by atoms with Crippen molar-refractivity contribution < 1.29 is 9.29 Å². The molecular formula is C14H12N6O3S3. The van der Waals surface area contributed by atoms with Crippen molar-refractivity contribution in [3.05, 3.63) is 51.0 Å². The maximum absolute atomic E-state index is 12.6. The molecule has 0 saturated heterocycles. The second-order valence-corrected chi connectivity index (χ2v) is 6.80. The lowest BCUT2D eigenvalue weighted by molar-refractivity contribution is 0.446. The molecule has 2 aromatic heterocycles. The van der Waals surface area contributed by atoms with Crippen LogP contribution in [0.5, 0.6) is 5.88 Å². The van der Waals surface area contributed by atoms with Crippen molar-refractivity contribution in [3.63, 3.8) is 0 Å². The largest absolute Gasteiger partial charge is 0.493 e. The third kappa shape index (κ3) is 4.22. The zero-order valence-electron chi connectivity index (χ0n) is 13.3. The van der Waals surface area contributed by atoms with E-state index in [1.165, 1.54) is 11.7 Å². The van der Waals surface area contributed by atoms with E-state index in [0.29, 0.717) is 5.16 Å². The molecule has 3 aromatic rings. The quantitative estimate of drug-likeness (QED) is 0.363. The van der Waals surface area contributed by atoms with Crippen molar-refractivity contribution in [2.45, 2.75) is 11.7 Å². The third-order valence-corrected chi connectivity index (χ3v) is 4.65. The smallest absolute Gasteiger partial charge is 0.286 e. The van der Waals surface area contributed by atoms with Crippen LogP contribution in [-0.2, 0) is 10.7 Å². The molecular weight excluding hydrogens is 396 g/mol. The van der Waals surface area contributed by atoms with Crippen molar-refractivity contribution >= 4 is 46.6 Å². The highest BCUT2D eigenvalue weighted by Crippen LogP contribution is 2.25. The number of hydrogen-bond acceptors (Lipinski definition) is 10. The van der Waals surface area contributed by atoms with E-state index >= 15 is 0 Å². The highest BCUT2D eigenvalue weighted by atomic mass is 32.2. The van der Waals surface area contributed by atoms with Crippen LogP contribution < -0.4 is 5.56 Å². The van der Waals surface area contributed by atoms with Crippen LogP contribution in [-0.4, -0.2) is 31.1 Å². The minimum absolute atomic E-state index is 0.0880. The fourth-order valence-electron chi connectivity index (χ4n) is 1.99. The first-order valence-electron chi connectivity index (χ1n) is 7.14. The number of aromatic amines is 1. The minimum atomic E-state index is -0.560. The second kappa shape index (κ2) is 8.31. The fourth-order valence-corrected chi connectivity index (χ4v) is 3.21. The lowest BCUT2D eigenvalue weighted by Gasteiger charge is -2.07. The van der Waals surface area contributed by atoms with Gasteiger partial charge in [0.15, 0.2) is 4.77 Å².